The molecule has 24 heavy (non-hydrogen) atoms. The predicted molar refractivity (Wildman–Crippen MR) is 92.9 cm³/mol. The molecule has 1 amide bonds. The van der Waals surface area contributed by atoms with Crippen LogP contribution in [0.5, 0.6) is 5.75 Å². The number of nitrogens with zero attached hydrogens (tertiary/aromatic N) is 2. The van der Waals surface area contributed by atoms with Gasteiger partial charge in [0.15, 0.2) is 0 Å². The summed E-state index contributed by atoms with van der Waals surface area (Å²) in [5, 5.41) is 3.12. The molecule has 3 rings (SSSR count). The van der Waals surface area contributed by atoms with Crippen molar-refractivity contribution in [3.8, 4) is 5.75 Å². The van der Waals surface area contributed by atoms with Gasteiger partial charge in [0.1, 0.15) is 11.6 Å². The Morgan fingerprint density at radius 2 is 2.00 bits per heavy atom. The molecule has 0 aliphatic heterocycles. The van der Waals surface area contributed by atoms with Crippen LogP contribution in [0.2, 0.25) is 0 Å². The van der Waals surface area contributed by atoms with Gasteiger partial charge in [-0.3, -0.25) is 4.79 Å². The van der Waals surface area contributed by atoms with Gasteiger partial charge >= 0.3 is 0 Å². The van der Waals surface area contributed by atoms with Crippen LogP contribution in [0.15, 0.2) is 36.7 Å². The summed E-state index contributed by atoms with van der Waals surface area (Å²) in [5.41, 5.74) is 0.660. The summed E-state index contributed by atoms with van der Waals surface area (Å²) in [7, 11) is 1.66. The molecule has 0 bridgehead atoms. The van der Waals surface area contributed by atoms with Gasteiger partial charge in [-0.25, -0.2) is 4.98 Å². The highest BCUT2D eigenvalue weighted by atomic mass is 16.5. The van der Waals surface area contributed by atoms with Crippen molar-refractivity contribution in [2.45, 2.75) is 51.1 Å². The van der Waals surface area contributed by atoms with Gasteiger partial charge in [-0.2, -0.15) is 0 Å². The van der Waals surface area contributed by atoms with E-state index in [4.69, 9.17) is 4.74 Å². The van der Waals surface area contributed by atoms with Gasteiger partial charge in [0, 0.05) is 18.9 Å². The first-order valence-electron chi connectivity index (χ1n) is 8.62. The minimum atomic E-state index is -0.421. The van der Waals surface area contributed by atoms with E-state index in [0.717, 1.165) is 49.4 Å². The van der Waals surface area contributed by atoms with Crippen LogP contribution in [-0.4, -0.2) is 22.6 Å². The van der Waals surface area contributed by atoms with E-state index in [0.29, 0.717) is 6.54 Å². The molecule has 0 radical (unpaired) electrons. The second kappa shape index (κ2) is 7.07. The van der Waals surface area contributed by atoms with Crippen molar-refractivity contribution >= 4 is 5.91 Å². The number of nitrogens with one attached hydrogen (secondary N) is 1. The van der Waals surface area contributed by atoms with Gasteiger partial charge < -0.3 is 14.6 Å². The Morgan fingerprint density at radius 1 is 1.29 bits per heavy atom. The minimum Gasteiger partial charge on any atom is -0.497 e. The molecule has 2 aromatic rings. The number of methoxy groups -OCH3 is 1. The first kappa shape index (κ1) is 16.6. The molecular formula is C19H25N3O2. The van der Waals surface area contributed by atoms with Gasteiger partial charge in [-0.05, 0) is 37.5 Å². The van der Waals surface area contributed by atoms with Gasteiger partial charge in [0.2, 0.25) is 5.91 Å². The highest BCUT2D eigenvalue weighted by Crippen LogP contribution is 2.41. The van der Waals surface area contributed by atoms with Gasteiger partial charge in [0.25, 0.3) is 0 Å². The summed E-state index contributed by atoms with van der Waals surface area (Å²) >= 11 is 0. The molecule has 1 aromatic carbocycles. The molecule has 1 aliphatic carbocycles. The summed E-state index contributed by atoms with van der Waals surface area (Å²) in [6, 6.07) is 7.92. The number of carbonyl (C=O) groups is 1. The number of amides is 1. The number of hydrogen-bond acceptors (Lipinski definition) is 3. The lowest BCUT2D eigenvalue weighted by Crippen LogP contribution is -2.42. The predicted octanol–water partition coefficient (Wildman–Crippen LogP) is 3.04. The fourth-order valence-electron chi connectivity index (χ4n) is 3.66. The first-order chi connectivity index (χ1) is 11.7. The zero-order valence-electron chi connectivity index (χ0n) is 14.4. The Hall–Kier alpha value is -2.30. The van der Waals surface area contributed by atoms with Crippen LogP contribution in [0.1, 0.15) is 44.0 Å². The highest BCUT2D eigenvalue weighted by molar-refractivity contribution is 5.88. The Balaban J connectivity index is 1.78. The summed E-state index contributed by atoms with van der Waals surface area (Å²) in [6.45, 7) is 3.40. The highest BCUT2D eigenvalue weighted by Gasteiger charge is 2.42. The van der Waals surface area contributed by atoms with Gasteiger partial charge in [-0.1, -0.05) is 25.0 Å². The lowest BCUT2D eigenvalue weighted by atomic mass is 9.78. The van der Waals surface area contributed by atoms with Crippen molar-refractivity contribution in [2.75, 3.05) is 7.11 Å². The number of hydrogen-bond donors (Lipinski definition) is 1. The van der Waals surface area contributed by atoms with Crippen molar-refractivity contribution in [1.29, 1.82) is 0 Å². The molecule has 0 saturated heterocycles. The van der Waals surface area contributed by atoms with Crippen LogP contribution in [0.4, 0.5) is 0 Å². The third-order valence-corrected chi connectivity index (χ3v) is 5.08. The summed E-state index contributed by atoms with van der Waals surface area (Å²) in [6.07, 6.45) is 7.68. The SMILES string of the molecule is CCn1ccnc1CNC(=O)C1(c2ccc(OC)cc2)CCCC1. The largest absolute Gasteiger partial charge is 0.497 e. The maximum atomic E-state index is 13.0. The third kappa shape index (κ3) is 3.03. The smallest absolute Gasteiger partial charge is 0.231 e. The fourth-order valence-corrected chi connectivity index (χ4v) is 3.66. The van der Waals surface area contributed by atoms with E-state index in [1.54, 1.807) is 13.3 Å². The Labute approximate surface area is 143 Å². The monoisotopic (exact) mass is 327 g/mol. The first-order valence-corrected chi connectivity index (χ1v) is 8.62. The Morgan fingerprint density at radius 3 is 2.62 bits per heavy atom. The van der Waals surface area contributed by atoms with E-state index >= 15 is 0 Å². The van der Waals surface area contributed by atoms with Crippen molar-refractivity contribution in [2.24, 2.45) is 0 Å². The molecule has 1 fully saturated rings. The van der Waals surface area contributed by atoms with Crippen molar-refractivity contribution in [3.05, 3.63) is 48.0 Å². The van der Waals surface area contributed by atoms with Gasteiger partial charge in [-0.15, -0.1) is 0 Å². The van der Waals surface area contributed by atoms with E-state index in [1.165, 1.54) is 0 Å². The van der Waals surface area contributed by atoms with Crippen molar-refractivity contribution in [1.82, 2.24) is 14.9 Å². The Kier molecular flexibility index (Phi) is 4.88. The minimum absolute atomic E-state index is 0.107. The third-order valence-electron chi connectivity index (χ3n) is 5.08. The molecule has 0 spiro atoms. The number of rotatable bonds is 6. The van der Waals surface area contributed by atoms with Crippen molar-refractivity contribution in [3.63, 3.8) is 0 Å². The zero-order valence-corrected chi connectivity index (χ0v) is 14.4. The summed E-state index contributed by atoms with van der Waals surface area (Å²) in [5.74, 6) is 1.82. The summed E-state index contributed by atoms with van der Waals surface area (Å²) in [4.78, 5) is 17.4. The number of aromatic nitrogens is 2. The molecule has 5 heteroatoms. The quantitative estimate of drug-likeness (QED) is 0.887. The lowest BCUT2D eigenvalue weighted by Gasteiger charge is -2.28. The fraction of sp³-hybridized carbons (Fsp3) is 0.474. The van der Waals surface area contributed by atoms with E-state index in [9.17, 15) is 4.79 Å². The summed E-state index contributed by atoms with van der Waals surface area (Å²) < 4.78 is 7.29. The van der Waals surface area contributed by atoms with Crippen LogP contribution in [0.25, 0.3) is 0 Å². The number of ether oxygens (including phenoxy) is 1. The second-order valence-corrected chi connectivity index (χ2v) is 6.33. The normalized spacial score (nSPS) is 16.1. The van der Waals surface area contributed by atoms with Crippen LogP contribution in [0.3, 0.4) is 0 Å². The maximum Gasteiger partial charge on any atom is 0.231 e. The molecular weight excluding hydrogens is 302 g/mol. The van der Waals surface area contributed by atoms with Crippen LogP contribution >= 0.6 is 0 Å². The van der Waals surface area contributed by atoms with E-state index < -0.39 is 5.41 Å². The number of imidazole rings is 1. The Bertz CT molecular complexity index is 685. The molecule has 0 unspecified atom stereocenters. The van der Waals surface area contributed by atoms with Crippen LogP contribution in [-0.2, 0) is 23.3 Å². The molecule has 1 heterocycles. The second-order valence-electron chi connectivity index (χ2n) is 6.33. The number of benzene rings is 1. The van der Waals surface area contributed by atoms with Crippen LogP contribution < -0.4 is 10.1 Å². The zero-order chi connectivity index (χ0) is 17.0. The molecule has 0 atom stereocenters. The standard InChI is InChI=1S/C19H25N3O2/c1-3-22-13-12-20-17(22)14-21-18(23)19(10-4-5-11-19)15-6-8-16(24-2)9-7-15/h6-9,12-13H,3-5,10-11,14H2,1-2H3,(H,21,23). The maximum absolute atomic E-state index is 13.0. The number of aryl methyl sites for hydroxylation is 1. The number of carbonyl (C=O) groups excluding carboxylic acids is 1. The average molecular weight is 327 g/mol. The van der Waals surface area contributed by atoms with Crippen molar-refractivity contribution < 1.29 is 9.53 Å². The molecule has 5 nitrogen and oxygen atoms in total. The molecule has 1 saturated carbocycles. The topological polar surface area (TPSA) is 56.2 Å². The van der Waals surface area contributed by atoms with Gasteiger partial charge in [0.05, 0.1) is 19.1 Å². The van der Waals surface area contributed by atoms with E-state index in [2.05, 4.69) is 21.8 Å². The van der Waals surface area contributed by atoms with E-state index in [-0.39, 0.29) is 5.91 Å². The average Bonchev–Trinajstić information content (AvgIpc) is 3.29. The van der Waals surface area contributed by atoms with Crippen LogP contribution in [0, 0.1) is 0 Å². The molecule has 128 valence electrons. The van der Waals surface area contributed by atoms with E-state index in [1.807, 2.05) is 30.5 Å². The molecule has 1 N–H and O–H groups in total. The molecule has 1 aromatic heterocycles. The lowest BCUT2D eigenvalue weighted by molar-refractivity contribution is -0.126. The molecule has 1 aliphatic rings.